The molecule has 30 heavy (non-hydrogen) atoms. The third kappa shape index (κ3) is 5.63. The third-order valence-electron chi connectivity index (χ3n) is 4.85. The fourth-order valence-electron chi connectivity index (χ4n) is 3.18. The van der Waals surface area contributed by atoms with Gasteiger partial charge in [0.2, 0.25) is 15.9 Å². The van der Waals surface area contributed by atoms with Crippen molar-refractivity contribution in [3.63, 3.8) is 0 Å². The van der Waals surface area contributed by atoms with Gasteiger partial charge in [0.15, 0.2) is 5.78 Å². The van der Waals surface area contributed by atoms with Crippen LogP contribution in [0.25, 0.3) is 0 Å². The van der Waals surface area contributed by atoms with Gasteiger partial charge in [-0.1, -0.05) is 35.9 Å². The maximum atomic E-state index is 12.9. The molecule has 6 nitrogen and oxygen atoms in total. The highest BCUT2D eigenvalue weighted by Gasteiger charge is 2.30. The van der Waals surface area contributed by atoms with Crippen LogP contribution in [0.4, 0.5) is 0 Å². The normalized spacial score (nSPS) is 15.2. The van der Waals surface area contributed by atoms with Gasteiger partial charge in [0.05, 0.1) is 10.6 Å². The number of amides is 1. The van der Waals surface area contributed by atoms with Crippen molar-refractivity contribution in [2.24, 2.45) is 0 Å². The second-order valence-corrected chi connectivity index (χ2v) is 10.4. The maximum Gasteiger partial charge on any atom is 0.243 e. The first-order valence-electron chi connectivity index (χ1n) is 9.48. The Morgan fingerprint density at radius 1 is 1.03 bits per heavy atom. The molecule has 160 valence electrons. The van der Waals surface area contributed by atoms with Crippen LogP contribution < -0.4 is 0 Å². The molecule has 0 radical (unpaired) electrons. The fourth-order valence-corrected chi connectivity index (χ4v) is 5.73. The van der Waals surface area contributed by atoms with Gasteiger partial charge in [0.25, 0.3) is 0 Å². The SMILES string of the molecule is CC(=O)c1cccc(S(=O)(=O)N2CCN(C(=O)CSCc3cccc(Cl)c3)CC2)c1. The molecule has 0 saturated carbocycles. The van der Waals surface area contributed by atoms with Crippen molar-refractivity contribution in [1.29, 1.82) is 0 Å². The summed E-state index contributed by atoms with van der Waals surface area (Å²) in [5.41, 5.74) is 1.42. The molecule has 1 saturated heterocycles. The maximum absolute atomic E-state index is 12.9. The number of hydrogen-bond donors (Lipinski definition) is 0. The van der Waals surface area contributed by atoms with Crippen LogP contribution in [-0.2, 0) is 20.6 Å². The Morgan fingerprint density at radius 2 is 1.73 bits per heavy atom. The molecule has 0 aromatic heterocycles. The highest BCUT2D eigenvalue weighted by Crippen LogP contribution is 2.20. The number of Topliss-reactive ketones (excluding diaryl/α,β-unsaturated/α-hetero) is 1. The fraction of sp³-hybridized carbons (Fsp3) is 0.333. The Bertz CT molecular complexity index is 1030. The topological polar surface area (TPSA) is 74.8 Å². The monoisotopic (exact) mass is 466 g/mol. The molecular weight excluding hydrogens is 444 g/mol. The summed E-state index contributed by atoms with van der Waals surface area (Å²) >= 11 is 7.48. The molecular formula is C21H23ClN2O4S2. The average molecular weight is 467 g/mol. The molecule has 0 spiro atoms. The molecule has 0 N–H and O–H groups in total. The van der Waals surface area contributed by atoms with Gasteiger partial charge in [0, 0.05) is 42.5 Å². The van der Waals surface area contributed by atoms with Crippen LogP contribution in [-0.4, -0.2) is 61.2 Å². The van der Waals surface area contributed by atoms with Crippen LogP contribution in [0.5, 0.6) is 0 Å². The lowest BCUT2D eigenvalue weighted by atomic mass is 10.2. The molecule has 9 heteroatoms. The van der Waals surface area contributed by atoms with Crippen LogP contribution in [0.3, 0.4) is 0 Å². The second-order valence-electron chi connectivity index (χ2n) is 6.99. The Hall–Kier alpha value is -1.87. The number of carbonyl (C=O) groups is 2. The summed E-state index contributed by atoms with van der Waals surface area (Å²) in [6.07, 6.45) is 0. The zero-order chi connectivity index (χ0) is 21.7. The van der Waals surface area contributed by atoms with Crippen LogP contribution in [0.1, 0.15) is 22.8 Å². The highest BCUT2D eigenvalue weighted by atomic mass is 35.5. The molecule has 1 heterocycles. The van der Waals surface area contributed by atoms with Crippen molar-refractivity contribution in [2.45, 2.75) is 17.6 Å². The number of halogens is 1. The summed E-state index contributed by atoms with van der Waals surface area (Å²) < 4.78 is 27.2. The van der Waals surface area contributed by atoms with E-state index in [1.54, 1.807) is 17.0 Å². The summed E-state index contributed by atoms with van der Waals surface area (Å²) in [5.74, 6) is 0.836. The van der Waals surface area contributed by atoms with Crippen molar-refractivity contribution in [3.8, 4) is 0 Å². The molecule has 0 unspecified atom stereocenters. The standard InChI is InChI=1S/C21H23ClN2O4S2/c1-16(25)18-5-3-7-20(13-18)30(27,28)24-10-8-23(9-11-24)21(26)15-29-14-17-4-2-6-19(22)12-17/h2-7,12-13H,8-11,14-15H2,1H3. The number of benzene rings is 2. The minimum atomic E-state index is -3.70. The van der Waals surface area contributed by atoms with E-state index in [0.717, 1.165) is 5.56 Å². The number of thioether (sulfide) groups is 1. The summed E-state index contributed by atoms with van der Waals surface area (Å²) in [7, 11) is -3.70. The van der Waals surface area contributed by atoms with E-state index in [1.165, 1.54) is 35.1 Å². The number of piperazine rings is 1. The van der Waals surface area contributed by atoms with Gasteiger partial charge in [-0.25, -0.2) is 8.42 Å². The molecule has 1 fully saturated rings. The zero-order valence-corrected chi connectivity index (χ0v) is 19.0. The zero-order valence-electron chi connectivity index (χ0n) is 16.6. The third-order valence-corrected chi connectivity index (χ3v) is 7.97. The lowest BCUT2D eigenvalue weighted by Crippen LogP contribution is -2.51. The molecule has 0 aliphatic carbocycles. The van der Waals surface area contributed by atoms with Crippen LogP contribution in [0.15, 0.2) is 53.4 Å². The summed E-state index contributed by atoms with van der Waals surface area (Å²) in [4.78, 5) is 25.8. The molecule has 0 atom stereocenters. The van der Waals surface area contributed by atoms with Crippen LogP contribution in [0.2, 0.25) is 5.02 Å². The van der Waals surface area contributed by atoms with Crippen molar-refractivity contribution < 1.29 is 18.0 Å². The van der Waals surface area contributed by atoms with E-state index in [1.807, 2.05) is 24.3 Å². The van der Waals surface area contributed by atoms with Crippen molar-refractivity contribution in [1.82, 2.24) is 9.21 Å². The largest absolute Gasteiger partial charge is 0.339 e. The van der Waals surface area contributed by atoms with Gasteiger partial charge >= 0.3 is 0 Å². The summed E-state index contributed by atoms with van der Waals surface area (Å²) in [6.45, 7) is 2.57. The number of rotatable bonds is 7. The van der Waals surface area contributed by atoms with E-state index < -0.39 is 10.0 Å². The number of sulfonamides is 1. The molecule has 1 aliphatic rings. The Kier molecular flexibility index (Phi) is 7.57. The lowest BCUT2D eigenvalue weighted by Gasteiger charge is -2.34. The van der Waals surface area contributed by atoms with Gasteiger partial charge in [-0.05, 0) is 36.8 Å². The molecule has 1 aliphatic heterocycles. The predicted molar refractivity (Wildman–Crippen MR) is 119 cm³/mol. The number of nitrogens with zero attached hydrogens (tertiary/aromatic N) is 2. The van der Waals surface area contributed by atoms with E-state index in [9.17, 15) is 18.0 Å². The number of ketones is 1. The van der Waals surface area contributed by atoms with E-state index in [-0.39, 0.29) is 29.7 Å². The Morgan fingerprint density at radius 3 is 2.40 bits per heavy atom. The van der Waals surface area contributed by atoms with Gasteiger partial charge in [-0.15, -0.1) is 11.8 Å². The smallest absolute Gasteiger partial charge is 0.243 e. The van der Waals surface area contributed by atoms with Crippen molar-refractivity contribution in [3.05, 3.63) is 64.7 Å². The quantitative estimate of drug-likeness (QED) is 0.585. The van der Waals surface area contributed by atoms with Crippen molar-refractivity contribution >= 4 is 45.1 Å². The van der Waals surface area contributed by atoms with Gasteiger partial charge in [0.1, 0.15) is 0 Å². The molecule has 1 amide bonds. The molecule has 3 rings (SSSR count). The van der Waals surface area contributed by atoms with Gasteiger partial charge in [-0.2, -0.15) is 4.31 Å². The Balaban J connectivity index is 1.53. The minimum absolute atomic E-state index is 0.00217. The molecule has 0 bridgehead atoms. The summed E-state index contributed by atoms with van der Waals surface area (Å²) in [5, 5.41) is 0.672. The number of hydrogen-bond acceptors (Lipinski definition) is 5. The number of carbonyl (C=O) groups excluding carboxylic acids is 2. The van der Waals surface area contributed by atoms with E-state index in [4.69, 9.17) is 11.6 Å². The lowest BCUT2D eigenvalue weighted by molar-refractivity contribution is -0.129. The molecule has 2 aromatic carbocycles. The first-order chi connectivity index (χ1) is 14.3. The van der Waals surface area contributed by atoms with Gasteiger partial charge in [-0.3, -0.25) is 9.59 Å². The minimum Gasteiger partial charge on any atom is -0.339 e. The van der Waals surface area contributed by atoms with Crippen molar-refractivity contribution in [2.75, 3.05) is 31.9 Å². The van der Waals surface area contributed by atoms with E-state index in [0.29, 0.717) is 35.2 Å². The van der Waals surface area contributed by atoms with E-state index in [2.05, 4.69) is 0 Å². The first-order valence-corrected chi connectivity index (χ1v) is 12.5. The molecule has 2 aromatic rings. The average Bonchev–Trinajstić information content (AvgIpc) is 2.74. The first kappa shape index (κ1) is 22.8. The predicted octanol–water partition coefficient (Wildman–Crippen LogP) is 3.31. The Labute approximate surface area is 186 Å². The van der Waals surface area contributed by atoms with E-state index >= 15 is 0 Å². The summed E-state index contributed by atoms with van der Waals surface area (Å²) in [6, 6.07) is 13.6. The van der Waals surface area contributed by atoms with Crippen LogP contribution in [0, 0.1) is 0 Å². The highest BCUT2D eigenvalue weighted by molar-refractivity contribution is 7.99. The second kappa shape index (κ2) is 9.96. The van der Waals surface area contributed by atoms with Gasteiger partial charge < -0.3 is 4.90 Å². The van der Waals surface area contributed by atoms with Crippen LogP contribution >= 0.6 is 23.4 Å².